The molecule has 6 rings (SSSR count). The number of likely N-dealkylation sites (tertiary alicyclic amines) is 1. The maximum absolute atomic E-state index is 13.7. The van der Waals surface area contributed by atoms with Crippen LogP contribution in [0.3, 0.4) is 0 Å². The molecule has 1 aliphatic carbocycles. The summed E-state index contributed by atoms with van der Waals surface area (Å²) in [5, 5.41) is 11.6. The first-order chi connectivity index (χ1) is 17.5. The minimum absolute atomic E-state index is 0.0804. The Morgan fingerprint density at radius 2 is 1.86 bits per heavy atom. The van der Waals surface area contributed by atoms with Crippen LogP contribution in [0.15, 0.2) is 48.5 Å². The van der Waals surface area contributed by atoms with E-state index in [1.54, 1.807) is 7.11 Å². The number of aromatic nitrogens is 1. The van der Waals surface area contributed by atoms with Crippen LogP contribution in [0, 0.1) is 5.92 Å². The van der Waals surface area contributed by atoms with E-state index in [9.17, 15) is 14.7 Å². The number of hydrogen-bond acceptors (Lipinski definition) is 4. The predicted octanol–water partition coefficient (Wildman–Crippen LogP) is 4.03. The van der Waals surface area contributed by atoms with E-state index >= 15 is 0 Å². The molecule has 1 aromatic heterocycles. The highest BCUT2D eigenvalue weighted by atomic mass is 16.5. The number of piperidine rings is 1. The Morgan fingerprint density at radius 1 is 1.11 bits per heavy atom. The van der Waals surface area contributed by atoms with E-state index in [2.05, 4.69) is 11.1 Å². The maximum Gasteiger partial charge on any atom is 0.254 e. The molecule has 36 heavy (non-hydrogen) atoms. The highest BCUT2D eigenvalue weighted by Gasteiger charge is 2.49. The van der Waals surface area contributed by atoms with Crippen LogP contribution < -0.4 is 4.74 Å². The molecule has 2 aliphatic heterocycles. The Kier molecular flexibility index (Phi) is 5.75. The summed E-state index contributed by atoms with van der Waals surface area (Å²) in [5.41, 5.74) is 3.34. The van der Waals surface area contributed by atoms with Gasteiger partial charge in [-0.05, 0) is 61.4 Å². The van der Waals surface area contributed by atoms with Crippen molar-refractivity contribution in [3.05, 3.63) is 65.4 Å². The second kappa shape index (κ2) is 8.96. The van der Waals surface area contributed by atoms with Gasteiger partial charge in [0.05, 0.1) is 19.8 Å². The van der Waals surface area contributed by atoms with Crippen molar-refractivity contribution in [2.45, 2.75) is 43.6 Å². The first kappa shape index (κ1) is 23.1. The van der Waals surface area contributed by atoms with E-state index in [1.807, 2.05) is 52.3 Å². The number of ether oxygens (including phenoxy) is 1. The molecule has 1 spiro atoms. The molecule has 2 aromatic carbocycles. The zero-order valence-corrected chi connectivity index (χ0v) is 20.7. The standard InChI is InChI=1S/C29H33N3O4/c1-36-21-9-10-22-23(16-21)30-27-24(17-33)32(28(35)20-5-3-2-4-6-20)18-29(26(22)27)11-13-31(14-12-29)25(34)15-19-7-8-19/h2-6,9-10,16,19,24,30,33H,7-8,11-15,17-18H2,1H3/t24-/m0/s1. The summed E-state index contributed by atoms with van der Waals surface area (Å²) in [6.45, 7) is 1.72. The molecule has 1 atom stereocenters. The van der Waals surface area contributed by atoms with Gasteiger partial charge in [0.15, 0.2) is 0 Å². The van der Waals surface area contributed by atoms with Gasteiger partial charge >= 0.3 is 0 Å². The Labute approximate surface area is 211 Å². The van der Waals surface area contributed by atoms with Crippen molar-refractivity contribution in [2.24, 2.45) is 5.92 Å². The largest absolute Gasteiger partial charge is 0.497 e. The molecule has 3 aliphatic rings. The lowest BCUT2D eigenvalue weighted by molar-refractivity contribution is -0.133. The van der Waals surface area contributed by atoms with E-state index in [0.717, 1.165) is 35.2 Å². The van der Waals surface area contributed by atoms with Gasteiger partial charge in [-0.25, -0.2) is 0 Å². The summed E-state index contributed by atoms with van der Waals surface area (Å²) in [4.78, 5) is 34.0. The Hall–Kier alpha value is -3.32. The lowest BCUT2D eigenvalue weighted by atomic mass is 9.68. The molecular formula is C29H33N3O4. The normalized spacial score (nSPS) is 21.0. The van der Waals surface area contributed by atoms with Crippen LogP contribution >= 0.6 is 0 Å². The number of amides is 2. The van der Waals surface area contributed by atoms with Crippen molar-refractivity contribution < 1.29 is 19.4 Å². The van der Waals surface area contributed by atoms with Crippen LogP contribution in [0.4, 0.5) is 0 Å². The highest BCUT2D eigenvalue weighted by Crippen LogP contribution is 2.49. The van der Waals surface area contributed by atoms with Crippen molar-refractivity contribution in [3.8, 4) is 5.75 Å². The zero-order chi connectivity index (χ0) is 24.9. The third-order valence-electron chi connectivity index (χ3n) is 8.44. The van der Waals surface area contributed by atoms with Crippen LogP contribution in [0.25, 0.3) is 10.9 Å². The van der Waals surface area contributed by atoms with E-state index in [-0.39, 0.29) is 23.8 Å². The summed E-state index contributed by atoms with van der Waals surface area (Å²) >= 11 is 0. The topological polar surface area (TPSA) is 85.9 Å². The van der Waals surface area contributed by atoms with Gasteiger partial charge < -0.3 is 24.6 Å². The summed E-state index contributed by atoms with van der Waals surface area (Å²) in [5.74, 6) is 1.51. The average molecular weight is 488 g/mol. The molecule has 0 unspecified atom stereocenters. The number of carbonyl (C=O) groups is 2. The fraction of sp³-hybridized carbons (Fsp3) is 0.448. The summed E-state index contributed by atoms with van der Waals surface area (Å²) in [6.07, 6.45) is 4.57. The van der Waals surface area contributed by atoms with Crippen LogP contribution in [0.2, 0.25) is 0 Å². The van der Waals surface area contributed by atoms with Gasteiger partial charge in [0.25, 0.3) is 5.91 Å². The number of nitrogens with one attached hydrogen (secondary N) is 1. The van der Waals surface area contributed by atoms with Gasteiger partial charge in [0, 0.05) is 59.7 Å². The van der Waals surface area contributed by atoms with E-state index in [0.29, 0.717) is 37.5 Å². The second-order valence-electron chi connectivity index (χ2n) is 10.6. The number of H-pyrrole nitrogens is 1. The molecule has 7 heteroatoms. The minimum Gasteiger partial charge on any atom is -0.497 e. The fourth-order valence-corrected chi connectivity index (χ4v) is 6.26. The van der Waals surface area contributed by atoms with Gasteiger partial charge in [-0.2, -0.15) is 0 Å². The number of aliphatic hydroxyl groups is 1. The van der Waals surface area contributed by atoms with Gasteiger partial charge in [-0.15, -0.1) is 0 Å². The predicted molar refractivity (Wildman–Crippen MR) is 137 cm³/mol. The van der Waals surface area contributed by atoms with E-state index < -0.39 is 6.04 Å². The number of nitrogens with zero attached hydrogens (tertiary/aromatic N) is 2. The fourth-order valence-electron chi connectivity index (χ4n) is 6.26. The molecule has 0 bridgehead atoms. The number of carbonyl (C=O) groups excluding carboxylic acids is 2. The van der Waals surface area contributed by atoms with Crippen molar-refractivity contribution in [1.82, 2.24) is 14.8 Å². The lowest BCUT2D eigenvalue weighted by Crippen LogP contribution is -2.55. The number of benzene rings is 2. The Bertz CT molecular complexity index is 1290. The van der Waals surface area contributed by atoms with Gasteiger partial charge in [0.2, 0.25) is 5.91 Å². The van der Waals surface area contributed by atoms with Crippen LogP contribution in [-0.2, 0) is 10.2 Å². The van der Waals surface area contributed by atoms with Gasteiger partial charge in [0.1, 0.15) is 5.75 Å². The molecule has 2 fully saturated rings. The monoisotopic (exact) mass is 487 g/mol. The van der Waals surface area contributed by atoms with Crippen molar-refractivity contribution in [2.75, 3.05) is 33.4 Å². The third kappa shape index (κ3) is 3.86. The number of hydrogen-bond donors (Lipinski definition) is 2. The number of methoxy groups -OCH3 is 1. The van der Waals surface area contributed by atoms with Crippen molar-refractivity contribution in [3.63, 3.8) is 0 Å². The molecule has 7 nitrogen and oxygen atoms in total. The smallest absolute Gasteiger partial charge is 0.254 e. The highest BCUT2D eigenvalue weighted by molar-refractivity contribution is 5.96. The van der Waals surface area contributed by atoms with Crippen LogP contribution in [0.5, 0.6) is 5.75 Å². The number of fused-ring (bicyclic) bond motifs is 4. The van der Waals surface area contributed by atoms with Gasteiger partial charge in [-0.1, -0.05) is 18.2 Å². The quantitative estimate of drug-likeness (QED) is 0.569. The number of aliphatic hydroxyl groups excluding tert-OH is 1. The van der Waals surface area contributed by atoms with Crippen molar-refractivity contribution >= 4 is 22.7 Å². The molecule has 188 valence electrons. The molecule has 1 saturated heterocycles. The Morgan fingerprint density at radius 3 is 2.53 bits per heavy atom. The zero-order valence-electron chi connectivity index (χ0n) is 20.7. The number of aromatic amines is 1. The molecule has 3 heterocycles. The van der Waals surface area contributed by atoms with Crippen molar-refractivity contribution in [1.29, 1.82) is 0 Å². The van der Waals surface area contributed by atoms with Crippen LogP contribution in [-0.4, -0.2) is 65.1 Å². The summed E-state index contributed by atoms with van der Waals surface area (Å²) in [6, 6.07) is 14.8. The molecule has 3 aromatic rings. The SMILES string of the molecule is COc1ccc2c3c([nH]c2c1)[C@H](CO)N(C(=O)c1ccccc1)CC31CCN(C(=O)CC2CC2)CC1. The first-order valence-corrected chi connectivity index (χ1v) is 13.0. The van der Waals surface area contributed by atoms with Crippen LogP contribution in [0.1, 0.15) is 59.8 Å². The molecule has 1 saturated carbocycles. The maximum atomic E-state index is 13.7. The van der Waals surface area contributed by atoms with E-state index in [4.69, 9.17) is 4.74 Å². The minimum atomic E-state index is -0.466. The average Bonchev–Trinajstić information content (AvgIpc) is 3.65. The number of rotatable bonds is 5. The molecule has 2 N–H and O–H groups in total. The second-order valence-corrected chi connectivity index (χ2v) is 10.6. The first-order valence-electron chi connectivity index (χ1n) is 13.0. The molecule has 0 radical (unpaired) electrons. The lowest BCUT2D eigenvalue weighted by Gasteiger charge is -2.50. The Balaban J connectivity index is 1.41. The molecular weight excluding hydrogens is 454 g/mol. The van der Waals surface area contributed by atoms with Gasteiger partial charge in [-0.3, -0.25) is 9.59 Å². The van der Waals surface area contributed by atoms with E-state index in [1.165, 1.54) is 18.4 Å². The summed E-state index contributed by atoms with van der Waals surface area (Å²) in [7, 11) is 1.65. The third-order valence-corrected chi connectivity index (χ3v) is 8.44. The summed E-state index contributed by atoms with van der Waals surface area (Å²) < 4.78 is 5.46. The molecule has 2 amide bonds.